The highest BCUT2D eigenvalue weighted by Crippen LogP contribution is 2.37. The Hall–Kier alpha value is -3.98. The fourth-order valence-corrected chi connectivity index (χ4v) is 4.30. The Morgan fingerprint density at radius 1 is 1.09 bits per heavy atom. The van der Waals surface area contributed by atoms with Crippen LogP contribution in [0.1, 0.15) is 22.8 Å². The predicted octanol–water partition coefficient (Wildman–Crippen LogP) is 5.07. The number of ether oxygens (including phenoxy) is 1. The highest BCUT2D eigenvalue weighted by Gasteiger charge is 2.36. The Morgan fingerprint density at radius 2 is 1.82 bits per heavy atom. The molecule has 0 atom stereocenters. The maximum Gasteiger partial charge on any atom is 0.293 e. The van der Waals surface area contributed by atoms with Crippen LogP contribution in [0.25, 0.3) is 16.8 Å². The molecule has 0 saturated carbocycles. The zero-order valence-electron chi connectivity index (χ0n) is 17.5. The van der Waals surface area contributed by atoms with Crippen molar-refractivity contribution in [2.75, 3.05) is 13.2 Å². The number of nitro benzene ring substituents is 1. The average Bonchev–Trinajstić information content (AvgIpc) is 3.08. The molecule has 1 fully saturated rings. The van der Waals surface area contributed by atoms with Crippen LogP contribution in [-0.2, 0) is 4.79 Å². The number of nitrogens with zero attached hydrogens (tertiary/aromatic N) is 2. The number of ketones is 1. The number of fused-ring (bicyclic) bond motifs is 1. The lowest BCUT2D eigenvalue weighted by Crippen LogP contribution is -2.33. The first-order valence-electron chi connectivity index (χ1n) is 10.1. The molecule has 8 nitrogen and oxygen atoms in total. The van der Waals surface area contributed by atoms with Gasteiger partial charge in [-0.15, -0.1) is 0 Å². The molecule has 0 unspecified atom stereocenters. The number of rotatable bonds is 7. The average molecular weight is 462 g/mol. The third-order valence-corrected chi connectivity index (χ3v) is 5.99. The van der Waals surface area contributed by atoms with Gasteiger partial charge in [-0.2, -0.15) is 0 Å². The summed E-state index contributed by atoms with van der Waals surface area (Å²) in [7, 11) is 0. The first-order chi connectivity index (χ1) is 15.9. The van der Waals surface area contributed by atoms with Gasteiger partial charge in [0.1, 0.15) is 5.75 Å². The van der Waals surface area contributed by atoms with E-state index in [1.54, 1.807) is 6.08 Å². The van der Waals surface area contributed by atoms with E-state index < -0.39 is 28.4 Å². The van der Waals surface area contributed by atoms with Gasteiger partial charge in [0.2, 0.25) is 0 Å². The Balaban J connectivity index is 1.61. The smallest absolute Gasteiger partial charge is 0.293 e. The van der Waals surface area contributed by atoms with Gasteiger partial charge in [0.05, 0.1) is 23.0 Å². The summed E-state index contributed by atoms with van der Waals surface area (Å²) in [6.45, 7) is 1.84. The van der Waals surface area contributed by atoms with Crippen LogP contribution >= 0.6 is 11.8 Å². The van der Waals surface area contributed by atoms with E-state index in [1.165, 1.54) is 24.3 Å². The number of nitro groups is 1. The number of carbonyl (C=O) groups excluding carboxylic acids is 3. The molecule has 33 heavy (non-hydrogen) atoms. The molecule has 0 aromatic heterocycles. The molecule has 3 aromatic carbocycles. The SMILES string of the molecule is CCOc1ccc2ccccc2c1/C=C1/SC(=O)N(CC(=O)c2ccc([N+](=O)[O-])cc2)C1=O. The van der Waals surface area contributed by atoms with Gasteiger partial charge in [-0.1, -0.05) is 30.3 Å². The summed E-state index contributed by atoms with van der Waals surface area (Å²) in [6, 6.07) is 16.4. The van der Waals surface area contributed by atoms with Crippen molar-refractivity contribution >= 4 is 51.2 Å². The molecule has 0 N–H and O–H groups in total. The minimum atomic E-state index is -0.573. The second-order valence-electron chi connectivity index (χ2n) is 7.13. The molecule has 9 heteroatoms. The molecule has 1 aliphatic rings. The summed E-state index contributed by atoms with van der Waals surface area (Å²) < 4.78 is 5.73. The Kier molecular flexibility index (Phi) is 6.23. The molecule has 0 spiro atoms. The van der Waals surface area contributed by atoms with Gasteiger partial charge in [-0.3, -0.25) is 29.4 Å². The maximum atomic E-state index is 13.0. The molecule has 166 valence electrons. The van der Waals surface area contributed by atoms with Gasteiger partial charge in [0, 0.05) is 23.3 Å². The normalized spacial score (nSPS) is 14.8. The number of imide groups is 1. The van der Waals surface area contributed by atoms with E-state index in [4.69, 9.17) is 4.74 Å². The topological polar surface area (TPSA) is 107 Å². The number of benzene rings is 3. The van der Waals surface area contributed by atoms with Crippen molar-refractivity contribution in [3.05, 3.63) is 86.8 Å². The Morgan fingerprint density at radius 3 is 2.52 bits per heavy atom. The molecular weight excluding hydrogens is 444 g/mol. The minimum Gasteiger partial charge on any atom is -0.493 e. The number of non-ortho nitro benzene ring substituents is 1. The zero-order valence-corrected chi connectivity index (χ0v) is 18.3. The summed E-state index contributed by atoms with van der Waals surface area (Å²) in [6.07, 6.45) is 1.62. The molecule has 0 aliphatic carbocycles. The second kappa shape index (κ2) is 9.25. The van der Waals surface area contributed by atoms with Crippen molar-refractivity contribution in [1.82, 2.24) is 4.90 Å². The molecule has 2 amide bonds. The maximum absolute atomic E-state index is 13.0. The van der Waals surface area contributed by atoms with Gasteiger partial charge in [0.25, 0.3) is 16.8 Å². The van der Waals surface area contributed by atoms with Gasteiger partial charge in [-0.05, 0) is 53.7 Å². The molecule has 1 saturated heterocycles. The monoisotopic (exact) mass is 462 g/mol. The van der Waals surface area contributed by atoms with Crippen LogP contribution in [0.5, 0.6) is 5.75 Å². The van der Waals surface area contributed by atoms with Gasteiger partial charge in [-0.25, -0.2) is 0 Å². The van der Waals surface area contributed by atoms with Crippen LogP contribution in [0.2, 0.25) is 0 Å². The van der Waals surface area contributed by atoms with Crippen molar-refractivity contribution in [3.63, 3.8) is 0 Å². The van der Waals surface area contributed by atoms with E-state index in [1.807, 2.05) is 43.3 Å². The van der Waals surface area contributed by atoms with E-state index in [-0.39, 0.29) is 16.2 Å². The molecule has 1 aliphatic heterocycles. The third-order valence-electron chi connectivity index (χ3n) is 5.08. The lowest BCUT2D eigenvalue weighted by Gasteiger charge is -2.12. The standard InChI is InChI=1S/C24H18N2O6S/c1-2-32-21-12-9-15-5-3-4-6-18(15)19(21)13-22-23(28)25(24(29)33-22)14-20(27)16-7-10-17(11-8-16)26(30)31/h3-13H,2,14H2,1H3/b22-13+. The predicted molar refractivity (Wildman–Crippen MR) is 125 cm³/mol. The lowest BCUT2D eigenvalue weighted by atomic mass is 10.0. The van der Waals surface area contributed by atoms with E-state index in [0.717, 1.165) is 27.4 Å². The molecule has 0 bridgehead atoms. The summed E-state index contributed by atoms with van der Waals surface area (Å²) in [5.41, 5.74) is 0.708. The van der Waals surface area contributed by atoms with Crippen molar-refractivity contribution in [2.24, 2.45) is 0 Å². The van der Waals surface area contributed by atoms with Crippen LogP contribution in [-0.4, -0.2) is 39.9 Å². The van der Waals surface area contributed by atoms with Gasteiger partial charge >= 0.3 is 0 Å². The Bertz CT molecular complexity index is 1320. The quantitative estimate of drug-likeness (QED) is 0.209. The van der Waals surface area contributed by atoms with Crippen molar-refractivity contribution in [3.8, 4) is 5.75 Å². The zero-order chi connectivity index (χ0) is 23.5. The lowest BCUT2D eigenvalue weighted by molar-refractivity contribution is -0.384. The number of Topliss-reactive ketones (excluding diaryl/α,β-unsaturated/α-hetero) is 1. The fourth-order valence-electron chi connectivity index (χ4n) is 3.48. The summed E-state index contributed by atoms with van der Waals surface area (Å²) >= 11 is 0.757. The fraction of sp³-hybridized carbons (Fsp3) is 0.125. The van der Waals surface area contributed by atoms with E-state index in [0.29, 0.717) is 17.9 Å². The first kappa shape index (κ1) is 22.2. The minimum absolute atomic E-state index is 0.152. The van der Waals surface area contributed by atoms with E-state index in [9.17, 15) is 24.5 Å². The molecule has 3 aromatic rings. The summed E-state index contributed by atoms with van der Waals surface area (Å²) in [5, 5.41) is 12.1. The second-order valence-corrected chi connectivity index (χ2v) is 8.12. The number of thioether (sulfide) groups is 1. The van der Waals surface area contributed by atoms with E-state index in [2.05, 4.69) is 0 Å². The van der Waals surface area contributed by atoms with Gasteiger partial charge < -0.3 is 4.74 Å². The molecule has 1 heterocycles. The van der Waals surface area contributed by atoms with E-state index >= 15 is 0 Å². The first-order valence-corrected chi connectivity index (χ1v) is 10.9. The number of amides is 2. The number of carbonyl (C=O) groups is 3. The van der Waals surface area contributed by atoms with Crippen LogP contribution < -0.4 is 4.74 Å². The van der Waals surface area contributed by atoms with Crippen molar-refractivity contribution in [1.29, 1.82) is 0 Å². The molecular formula is C24H18N2O6S. The molecule has 4 rings (SSSR count). The van der Waals surface area contributed by atoms with Crippen LogP contribution in [0, 0.1) is 10.1 Å². The highest BCUT2D eigenvalue weighted by atomic mass is 32.2. The summed E-state index contributed by atoms with van der Waals surface area (Å²) in [4.78, 5) is 49.4. The van der Waals surface area contributed by atoms with Gasteiger partial charge in [0.15, 0.2) is 5.78 Å². The van der Waals surface area contributed by atoms with Crippen LogP contribution in [0.4, 0.5) is 10.5 Å². The van der Waals surface area contributed by atoms with Crippen LogP contribution in [0.15, 0.2) is 65.6 Å². The molecule has 0 radical (unpaired) electrons. The summed E-state index contributed by atoms with van der Waals surface area (Å²) in [5.74, 6) is -0.478. The van der Waals surface area contributed by atoms with Crippen LogP contribution in [0.3, 0.4) is 0 Å². The Labute approximate surface area is 193 Å². The third kappa shape index (κ3) is 4.49. The van der Waals surface area contributed by atoms with Crippen molar-refractivity contribution in [2.45, 2.75) is 6.92 Å². The number of hydrogen-bond acceptors (Lipinski definition) is 7. The highest BCUT2D eigenvalue weighted by molar-refractivity contribution is 8.18. The largest absolute Gasteiger partial charge is 0.493 e. The number of hydrogen-bond donors (Lipinski definition) is 0. The van der Waals surface area contributed by atoms with Crippen molar-refractivity contribution < 1.29 is 24.0 Å².